The number of carbonyl (C=O) groups is 1. The maximum Gasteiger partial charge on any atom is 0.339 e. The molecule has 3 aliphatic rings. The van der Waals surface area contributed by atoms with E-state index < -0.39 is 21.1 Å². The lowest BCUT2D eigenvalue weighted by Gasteiger charge is -2.42. The molecule has 27 heavy (non-hydrogen) atoms. The van der Waals surface area contributed by atoms with Crippen LogP contribution in [0.25, 0.3) is 0 Å². The molecule has 0 aromatic carbocycles. The van der Waals surface area contributed by atoms with Crippen molar-refractivity contribution in [2.24, 2.45) is 16.7 Å². The lowest BCUT2D eigenvalue weighted by Crippen LogP contribution is -2.58. The third-order valence-corrected chi connectivity index (χ3v) is 8.89. The second-order valence-corrected chi connectivity index (χ2v) is 10.7. The summed E-state index contributed by atoms with van der Waals surface area (Å²) in [6, 6.07) is 2.86. The Morgan fingerprint density at radius 3 is 2.52 bits per heavy atom. The van der Waals surface area contributed by atoms with Gasteiger partial charge in [-0.25, -0.2) is 13.2 Å². The molecule has 2 atom stereocenters. The largest absolute Gasteiger partial charge is 0.487 e. The number of nitrogens with zero attached hydrogens (tertiary/aromatic N) is 1. The molecule has 1 aromatic heterocycles. The average molecular weight is 395 g/mol. The van der Waals surface area contributed by atoms with Crippen LogP contribution in [0, 0.1) is 23.7 Å². The summed E-state index contributed by atoms with van der Waals surface area (Å²) in [6.07, 6.45) is 1.79. The molecule has 2 aliphatic carbocycles. The molecule has 3 fully saturated rings. The first-order valence-corrected chi connectivity index (χ1v) is 10.9. The molecule has 2 bridgehead atoms. The van der Waals surface area contributed by atoms with Gasteiger partial charge in [-0.2, -0.15) is 4.31 Å². The summed E-state index contributed by atoms with van der Waals surface area (Å²) in [6.45, 7) is 6.19. The fourth-order valence-electron chi connectivity index (χ4n) is 5.05. The topological polar surface area (TPSA) is 93.9 Å². The summed E-state index contributed by atoms with van der Waals surface area (Å²) in [5.74, 6) is 1.12. The highest BCUT2D eigenvalue weighted by Crippen LogP contribution is 2.64. The molecule has 2 saturated carbocycles. The van der Waals surface area contributed by atoms with Crippen LogP contribution in [0.3, 0.4) is 0 Å². The first kappa shape index (κ1) is 18.7. The van der Waals surface area contributed by atoms with E-state index in [0.717, 1.165) is 6.42 Å². The van der Waals surface area contributed by atoms with Gasteiger partial charge in [0.25, 0.3) is 0 Å². The van der Waals surface area contributed by atoms with E-state index in [4.69, 9.17) is 9.15 Å². The number of hydrogen-bond acceptors (Lipinski definition) is 6. The van der Waals surface area contributed by atoms with E-state index in [9.17, 15) is 18.0 Å². The highest BCUT2D eigenvalue weighted by Gasteiger charge is 2.65. The van der Waals surface area contributed by atoms with Gasteiger partial charge in [0.15, 0.2) is 0 Å². The van der Waals surface area contributed by atoms with Crippen molar-refractivity contribution in [3.63, 3.8) is 0 Å². The molecule has 0 amide bonds. The molecule has 7 nitrogen and oxygen atoms in total. The van der Waals surface area contributed by atoms with Gasteiger partial charge >= 0.3 is 5.63 Å². The molecular formula is C19H25NO6S. The quantitative estimate of drug-likeness (QED) is 0.754. The number of carbonyl (C=O) groups excluding carboxylic acids is 1. The minimum atomic E-state index is -3.54. The first-order chi connectivity index (χ1) is 12.5. The summed E-state index contributed by atoms with van der Waals surface area (Å²) >= 11 is 0. The Bertz CT molecular complexity index is 943. The number of aryl methyl sites for hydroxylation is 1. The molecule has 1 saturated heterocycles. The van der Waals surface area contributed by atoms with Gasteiger partial charge in [-0.05, 0) is 31.1 Å². The maximum atomic E-state index is 12.9. The van der Waals surface area contributed by atoms with Crippen molar-refractivity contribution in [3.05, 3.63) is 28.3 Å². The van der Waals surface area contributed by atoms with E-state index in [-0.39, 0.29) is 36.1 Å². The summed E-state index contributed by atoms with van der Waals surface area (Å²) in [4.78, 5) is 24.0. The van der Waals surface area contributed by atoms with Crippen molar-refractivity contribution in [1.82, 2.24) is 4.31 Å². The normalized spacial score (nSPS) is 30.5. The third-order valence-electron chi connectivity index (χ3n) is 6.95. The van der Waals surface area contributed by atoms with E-state index >= 15 is 0 Å². The smallest absolute Gasteiger partial charge is 0.339 e. The first-order valence-electron chi connectivity index (χ1n) is 9.33. The molecule has 1 aliphatic heterocycles. The lowest BCUT2D eigenvalue weighted by molar-refractivity contribution is -0.128. The van der Waals surface area contributed by atoms with Crippen molar-refractivity contribution in [2.75, 3.05) is 18.8 Å². The van der Waals surface area contributed by atoms with Gasteiger partial charge < -0.3 is 9.15 Å². The Hall–Kier alpha value is -1.67. The van der Waals surface area contributed by atoms with Crippen LogP contribution in [-0.2, 0) is 14.8 Å². The van der Waals surface area contributed by atoms with Gasteiger partial charge in [0.1, 0.15) is 23.4 Å². The number of rotatable bonds is 5. The van der Waals surface area contributed by atoms with Crippen molar-refractivity contribution < 1.29 is 22.4 Å². The van der Waals surface area contributed by atoms with E-state index in [1.54, 1.807) is 13.0 Å². The number of ether oxygens (including phenoxy) is 1. The van der Waals surface area contributed by atoms with Gasteiger partial charge in [-0.1, -0.05) is 13.8 Å². The van der Waals surface area contributed by atoms with E-state index in [1.165, 1.54) is 10.4 Å². The summed E-state index contributed by atoms with van der Waals surface area (Å²) < 4.78 is 37.9. The summed E-state index contributed by atoms with van der Waals surface area (Å²) in [7, 11) is -3.54. The zero-order valence-corrected chi connectivity index (χ0v) is 16.7. The lowest BCUT2D eigenvalue weighted by atomic mass is 9.70. The van der Waals surface area contributed by atoms with Crippen LogP contribution in [0.5, 0.6) is 5.75 Å². The fourth-order valence-corrected chi connectivity index (χ4v) is 7.32. The fraction of sp³-hybridized carbons (Fsp3) is 0.684. The van der Waals surface area contributed by atoms with Crippen molar-refractivity contribution in [1.29, 1.82) is 0 Å². The highest BCUT2D eigenvalue weighted by molar-refractivity contribution is 7.89. The van der Waals surface area contributed by atoms with Crippen LogP contribution in [0.1, 0.15) is 38.9 Å². The minimum absolute atomic E-state index is 0.104. The molecule has 2 heterocycles. The minimum Gasteiger partial charge on any atom is -0.487 e. The Morgan fingerprint density at radius 2 is 1.96 bits per heavy atom. The van der Waals surface area contributed by atoms with Gasteiger partial charge in [-0.15, -0.1) is 0 Å². The van der Waals surface area contributed by atoms with Crippen LogP contribution in [0.15, 0.2) is 21.3 Å². The van der Waals surface area contributed by atoms with Crippen molar-refractivity contribution in [3.8, 4) is 5.75 Å². The zero-order chi connectivity index (χ0) is 19.6. The SMILES string of the molecule is Cc1cc(OC2CN(S(=O)(=O)CC34CCC(CC3=O)C4(C)C)C2)cc(=O)o1. The van der Waals surface area contributed by atoms with Gasteiger partial charge in [0.2, 0.25) is 10.0 Å². The number of hydrogen-bond donors (Lipinski definition) is 0. The van der Waals surface area contributed by atoms with Crippen molar-refractivity contribution >= 4 is 15.8 Å². The summed E-state index contributed by atoms with van der Waals surface area (Å²) in [5.41, 5.74) is -1.52. The number of fused-ring (bicyclic) bond motifs is 2. The van der Waals surface area contributed by atoms with Gasteiger partial charge in [0, 0.05) is 17.9 Å². The third kappa shape index (κ3) is 2.84. The molecule has 4 rings (SSSR count). The molecule has 1 aromatic rings. The Labute approximate surface area is 158 Å². The standard InChI is InChI=1S/C19H25NO6S/c1-12-6-14(8-17(22)25-12)26-15-9-20(10-15)27(23,24)11-19-5-4-13(7-16(19)21)18(19,2)3/h6,8,13,15H,4-5,7,9-11H2,1-3H3. The molecule has 2 unspecified atom stereocenters. The Morgan fingerprint density at radius 1 is 1.26 bits per heavy atom. The molecule has 0 spiro atoms. The number of Topliss-reactive ketones (excluding diaryl/α,β-unsaturated/α-hetero) is 1. The average Bonchev–Trinajstić information content (AvgIpc) is 2.83. The van der Waals surface area contributed by atoms with Crippen LogP contribution >= 0.6 is 0 Å². The molecular weight excluding hydrogens is 370 g/mol. The predicted molar refractivity (Wildman–Crippen MR) is 98.1 cm³/mol. The number of ketones is 1. The van der Waals surface area contributed by atoms with E-state index in [0.29, 0.717) is 30.3 Å². The molecule has 0 N–H and O–H groups in total. The molecule has 148 valence electrons. The monoisotopic (exact) mass is 395 g/mol. The van der Waals surface area contributed by atoms with Crippen molar-refractivity contribution in [2.45, 2.75) is 46.1 Å². The zero-order valence-electron chi connectivity index (χ0n) is 15.9. The Balaban J connectivity index is 1.43. The predicted octanol–water partition coefficient (Wildman–Crippen LogP) is 1.74. The van der Waals surface area contributed by atoms with E-state index in [1.807, 2.05) is 13.8 Å². The summed E-state index contributed by atoms with van der Waals surface area (Å²) in [5, 5.41) is 0. The van der Waals surface area contributed by atoms with Gasteiger partial charge in [0.05, 0.1) is 24.9 Å². The van der Waals surface area contributed by atoms with Crippen LogP contribution in [-0.4, -0.2) is 43.5 Å². The van der Waals surface area contributed by atoms with Crippen LogP contribution in [0.4, 0.5) is 0 Å². The molecule has 0 radical (unpaired) electrons. The van der Waals surface area contributed by atoms with Crippen LogP contribution in [0.2, 0.25) is 0 Å². The second kappa shape index (κ2) is 5.91. The Kier molecular flexibility index (Phi) is 4.09. The number of sulfonamides is 1. The van der Waals surface area contributed by atoms with E-state index in [2.05, 4.69) is 0 Å². The molecule has 8 heteroatoms. The maximum absolute atomic E-state index is 12.9. The second-order valence-electron chi connectivity index (χ2n) is 8.70. The van der Waals surface area contributed by atoms with Crippen LogP contribution < -0.4 is 10.4 Å². The highest BCUT2D eigenvalue weighted by atomic mass is 32.2. The van der Waals surface area contributed by atoms with Gasteiger partial charge in [-0.3, -0.25) is 4.79 Å².